The van der Waals surface area contributed by atoms with Crippen LogP contribution >= 0.6 is 12.2 Å². The van der Waals surface area contributed by atoms with Crippen molar-refractivity contribution in [2.45, 2.75) is 25.3 Å². The molecule has 0 aromatic carbocycles. The van der Waals surface area contributed by atoms with E-state index in [1.807, 2.05) is 0 Å². The van der Waals surface area contributed by atoms with Crippen molar-refractivity contribution in [3.8, 4) is 0 Å². The summed E-state index contributed by atoms with van der Waals surface area (Å²) in [6, 6.07) is 0.368. The molecule has 0 bridgehead atoms. The van der Waals surface area contributed by atoms with Crippen molar-refractivity contribution in [2.75, 3.05) is 0 Å². The van der Waals surface area contributed by atoms with Crippen LogP contribution in [-0.4, -0.2) is 11.2 Å². The number of hydrazine groups is 1. The molecule has 0 fully saturated rings. The van der Waals surface area contributed by atoms with Crippen LogP contribution in [0, 0.1) is 0 Å². The van der Waals surface area contributed by atoms with Gasteiger partial charge in [-0.15, -0.1) is 0 Å². The van der Waals surface area contributed by atoms with Gasteiger partial charge in [0.1, 0.15) is 0 Å². The molecule has 0 spiro atoms. The average molecular weight is 171 g/mol. The maximum atomic E-state index is 5.11. The van der Waals surface area contributed by atoms with E-state index in [4.69, 9.17) is 18.1 Å². The van der Waals surface area contributed by atoms with Crippen molar-refractivity contribution in [1.29, 1.82) is 0 Å². The molecule has 11 heavy (non-hydrogen) atoms. The summed E-state index contributed by atoms with van der Waals surface area (Å²) in [5.41, 5.74) is 2.40. The van der Waals surface area contributed by atoms with Crippen LogP contribution in [-0.2, 0) is 0 Å². The summed E-state index contributed by atoms with van der Waals surface area (Å²) in [7, 11) is 0. The molecule has 0 amide bonds. The van der Waals surface area contributed by atoms with Gasteiger partial charge in [-0.3, -0.25) is 0 Å². The quantitative estimate of drug-likeness (QED) is 0.232. The number of nitrogens with two attached hydrogens (primary N) is 1. The van der Waals surface area contributed by atoms with Crippen molar-refractivity contribution < 1.29 is 0 Å². The number of thiocarbonyl (C=S) groups is 1. The number of nitrogens with one attached hydrogen (secondary N) is 2. The van der Waals surface area contributed by atoms with Crippen LogP contribution in [0.1, 0.15) is 19.3 Å². The minimum Gasteiger partial charge on any atom is -0.355 e. The molecule has 4 heteroatoms. The second-order valence-electron chi connectivity index (χ2n) is 2.58. The molecule has 0 saturated carbocycles. The minimum atomic E-state index is 0.368. The third-order valence-electron chi connectivity index (χ3n) is 1.70. The Morgan fingerprint density at radius 3 is 3.00 bits per heavy atom. The molecule has 0 unspecified atom stereocenters. The second-order valence-corrected chi connectivity index (χ2v) is 2.99. The fraction of sp³-hybridized carbons (Fsp3) is 0.571. The predicted molar refractivity (Wildman–Crippen MR) is 49.8 cm³/mol. The van der Waals surface area contributed by atoms with E-state index in [1.54, 1.807) is 0 Å². The molecule has 0 aromatic heterocycles. The fourth-order valence-corrected chi connectivity index (χ4v) is 1.29. The molecule has 1 atom stereocenters. The van der Waals surface area contributed by atoms with Crippen molar-refractivity contribution >= 4 is 17.3 Å². The summed E-state index contributed by atoms with van der Waals surface area (Å²) >= 11 is 4.85. The third kappa shape index (κ3) is 2.86. The average Bonchev–Trinajstić information content (AvgIpc) is 2.06. The van der Waals surface area contributed by atoms with E-state index in [9.17, 15) is 0 Å². The molecule has 4 N–H and O–H groups in total. The van der Waals surface area contributed by atoms with Crippen molar-refractivity contribution in [3.05, 3.63) is 12.2 Å². The molecular weight excluding hydrogens is 158 g/mol. The Kier molecular flexibility index (Phi) is 3.32. The molecule has 1 rings (SSSR count). The molecular formula is C7H13N3S. The Morgan fingerprint density at radius 1 is 1.64 bits per heavy atom. The maximum Gasteiger partial charge on any atom is 0.181 e. The van der Waals surface area contributed by atoms with Gasteiger partial charge in [0.05, 0.1) is 0 Å². The van der Waals surface area contributed by atoms with E-state index in [-0.39, 0.29) is 0 Å². The zero-order chi connectivity index (χ0) is 8.10. The highest BCUT2D eigenvalue weighted by Gasteiger charge is 2.07. The molecule has 1 aliphatic rings. The monoisotopic (exact) mass is 171 g/mol. The van der Waals surface area contributed by atoms with Gasteiger partial charge in [0.25, 0.3) is 0 Å². The molecule has 3 nitrogen and oxygen atoms in total. The van der Waals surface area contributed by atoms with Crippen LogP contribution in [0.25, 0.3) is 0 Å². The van der Waals surface area contributed by atoms with Gasteiger partial charge in [-0.1, -0.05) is 12.2 Å². The summed E-state index contributed by atoms with van der Waals surface area (Å²) in [5.74, 6) is 5.11. The first kappa shape index (κ1) is 8.49. The van der Waals surface area contributed by atoms with Gasteiger partial charge in [-0.05, 0) is 31.5 Å². The first-order valence-corrected chi connectivity index (χ1v) is 4.17. The lowest BCUT2D eigenvalue weighted by atomic mass is 10.0. The Hall–Kier alpha value is -0.610. The van der Waals surface area contributed by atoms with Crippen LogP contribution in [0.15, 0.2) is 12.2 Å². The standard InChI is InChI=1S/C7H13N3S/c8-10-7(11)9-6-4-2-1-3-5-6/h2,4,6H,1,3,5,8H2,(H2,9,10,11)/t6-/m0/s1. The van der Waals surface area contributed by atoms with Crippen LogP contribution in [0.3, 0.4) is 0 Å². The summed E-state index contributed by atoms with van der Waals surface area (Å²) in [6.45, 7) is 0. The fourth-order valence-electron chi connectivity index (χ4n) is 1.14. The first-order chi connectivity index (χ1) is 5.33. The Bertz CT molecular complexity index is 167. The molecule has 0 aromatic rings. The normalized spacial score (nSPS) is 22.8. The van der Waals surface area contributed by atoms with Crippen LogP contribution < -0.4 is 16.6 Å². The number of hydrogen-bond donors (Lipinski definition) is 3. The summed E-state index contributed by atoms with van der Waals surface area (Å²) in [6.07, 6.45) is 7.84. The van der Waals surface area contributed by atoms with E-state index in [0.29, 0.717) is 11.2 Å². The summed E-state index contributed by atoms with van der Waals surface area (Å²) in [5, 5.41) is 3.59. The van der Waals surface area contributed by atoms with Gasteiger partial charge in [0.2, 0.25) is 0 Å². The lowest BCUT2D eigenvalue weighted by Gasteiger charge is -2.18. The van der Waals surface area contributed by atoms with Crippen molar-refractivity contribution in [2.24, 2.45) is 5.84 Å². The highest BCUT2D eigenvalue weighted by molar-refractivity contribution is 7.80. The maximum absolute atomic E-state index is 5.11. The van der Waals surface area contributed by atoms with E-state index < -0.39 is 0 Å². The highest BCUT2D eigenvalue weighted by atomic mass is 32.1. The van der Waals surface area contributed by atoms with Gasteiger partial charge in [-0.2, -0.15) is 0 Å². The molecule has 1 aliphatic carbocycles. The largest absolute Gasteiger partial charge is 0.355 e. The highest BCUT2D eigenvalue weighted by Crippen LogP contribution is 2.09. The van der Waals surface area contributed by atoms with E-state index in [0.717, 1.165) is 6.42 Å². The summed E-state index contributed by atoms with van der Waals surface area (Å²) < 4.78 is 0. The predicted octanol–water partition coefficient (Wildman–Crippen LogP) is 0.433. The molecule has 0 heterocycles. The summed E-state index contributed by atoms with van der Waals surface area (Å²) in [4.78, 5) is 0. The van der Waals surface area contributed by atoms with Gasteiger partial charge in [-0.25, -0.2) is 5.84 Å². The number of hydrogen-bond acceptors (Lipinski definition) is 2. The van der Waals surface area contributed by atoms with Gasteiger partial charge < -0.3 is 10.7 Å². The van der Waals surface area contributed by atoms with Gasteiger partial charge in [0.15, 0.2) is 5.11 Å². The van der Waals surface area contributed by atoms with E-state index in [2.05, 4.69) is 22.9 Å². The van der Waals surface area contributed by atoms with Crippen molar-refractivity contribution in [1.82, 2.24) is 10.7 Å². The molecule has 0 radical (unpaired) electrons. The lowest BCUT2D eigenvalue weighted by Crippen LogP contribution is -2.44. The SMILES string of the molecule is NNC(=S)N[C@H]1C=CCCC1. The van der Waals surface area contributed by atoms with E-state index in [1.165, 1.54) is 12.8 Å². The van der Waals surface area contributed by atoms with Gasteiger partial charge >= 0.3 is 0 Å². The molecule has 62 valence electrons. The van der Waals surface area contributed by atoms with Crippen molar-refractivity contribution in [3.63, 3.8) is 0 Å². The zero-order valence-corrected chi connectivity index (χ0v) is 7.16. The van der Waals surface area contributed by atoms with E-state index >= 15 is 0 Å². The Labute approximate surface area is 72.0 Å². The number of allylic oxidation sites excluding steroid dienone is 1. The first-order valence-electron chi connectivity index (χ1n) is 3.76. The zero-order valence-electron chi connectivity index (χ0n) is 6.34. The minimum absolute atomic E-state index is 0.368. The molecule has 0 saturated heterocycles. The van der Waals surface area contributed by atoms with Crippen LogP contribution in [0.5, 0.6) is 0 Å². The van der Waals surface area contributed by atoms with Gasteiger partial charge in [0, 0.05) is 6.04 Å². The lowest BCUT2D eigenvalue weighted by molar-refractivity contribution is 0.596. The third-order valence-corrected chi connectivity index (χ3v) is 1.94. The molecule has 0 aliphatic heterocycles. The Morgan fingerprint density at radius 2 is 2.45 bits per heavy atom. The topological polar surface area (TPSA) is 50.1 Å². The number of rotatable bonds is 1. The Balaban J connectivity index is 2.30. The smallest absolute Gasteiger partial charge is 0.181 e. The van der Waals surface area contributed by atoms with Crippen LogP contribution in [0.4, 0.5) is 0 Å². The van der Waals surface area contributed by atoms with Crippen LogP contribution in [0.2, 0.25) is 0 Å². The second kappa shape index (κ2) is 4.31.